The summed E-state index contributed by atoms with van der Waals surface area (Å²) in [5.41, 5.74) is 8.10. The molecule has 0 radical (unpaired) electrons. The van der Waals surface area contributed by atoms with Crippen LogP contribution in [0.2, 0.25) is 5.15 Å². The fourth-order valence-electron chi connectivity index (χ4n) is 2.47. The van der Waals surface area contributed by atoms with Gasteiger partial charge in [0.25, 0.3) is 0 Å². The molecule has 0 aliphatic carbocycles. The number of piperazine rings is 1. The number of hydrogen-bond acceptors (Lipinski definition) is 6. The normalized spacial score (nSPS) is 17.1. The Bertz CT molecular complexity index is 647. The number of aliphatic imine (C=N–C) groups is 1. The average molecular weight is 355 g/mol. The predicted octanol–water partition coefficient (Wildman–Crippen LogP) is 2.53. The SMILES string of the molecule is C=N/C(Cl)=C\C(C)=C(/N)N1CCN(c2nnc(Cl)cc2C)CC1. The monoisotopic (exact) mass is 354 g/mol. The third-order valence-electron chi connectivity index (χ3n) is 3.74. The number of hydrogen-bond donors (Lipinski definition) is 1. The molecule has 0 unspecified atom stereocenters. The van der Waals surface area contributed by atoms with Gasteiger partial charge in [0.15, 0.2) is 11.0 Å². The van der Waals surface area contributed by atoms with E-state index in [-0.39, 0.29) is 0 Å². The summed E-state index contributed by atoms with van der Waals surface area (Å²) < 4.78 is 0. The zero-order valence-corrected chi connectivity index (χ0v) is 14.8. The van der Waals surface area contributed by atoms with Gasteiger partial charge in [-0.1, -0.05) is 23.2 Å². The molecule has 1 aliphatic rings. The fourth-order valence-corrected chi connectivity index (χ4v) is 2.83. The van der Waals surface area contributed by atoms with Crippen molar-refractivity contribution in [2.24, 2.45) is 10.7 Å². The van der Waals surface area contributed by atoms with Gasteiger partial charge in [0, 0.05) is 26.2 Å². The summed E-state index contributed by atoms with van der Waals surface area (Å²) in [6.07, 6.45) is 1.71. The van der Waals surface area contributed by atoms with Gasteiger partial charge in [-0.2, -0.15) is 0 Å². The second kappa shape index (κ2) is 7.66. The number of allylic oxidation sites excluding steroid dienone is 2. The third-order valence-corrected chi connectivity index (χ3v) is 4.15. The van der Waals surface area contributed by atoms with E-state index in [9.17, 15) is 0 Å². The van der Waals surface area contributed by atoms with Crippen LogP contribution in [0.3, 0.4) is 0 Å². The summed E-state index contributed by atoms with van der Waals surface area (Å²) in [7, 11) is 0. The molecule has 0 atom stereocenters. The quantitative estimate of drug-likeness (QED) is 0.511. The summed E-state index contributed by atoms with van der Waals surface area (Å²) in [6, 6.07) is 1.82. The third kappa shape index (κ3) is 4.36. The number of halogens is 2. The largest absolute Gasteiger partial charge is 0.385 e. The molecule has 2 rings (SSSR count). The summed E-state index contributed by atoms with van der Waals surface area (Å²) >= 11 is 11.7. The Morgan fingerprint density at radius 1 is 1.35 bits per heavy atom. The minimum atomic E-state index is 0.330. The Hall–Kier alpha value is -1.79. The number of anilines is 1. The molecule has 1 aliphatic heterocycles. The fraction of sp³-hybridized carbons (Fsp3) is 0.400. The molecule has 1 fully saturated rings. The topological polar surface area (TPSA) is 70.6 Å². The van der Waals surface area contributed by atoms with Gasteiger partial charge in [-0.3, -0.25) is 4.99 Å². The van der Waals surface area contributed by atoms with E-state index in [0.29, 0.717) is 16.1 Å². The number of aryl methyl sites for hydroxylation is 1. The molecule has 2 N–H and O–H groups in total. The minimum Gasteiger partial charge on any atom is -0.385 e. The second-order valence-corrected chi connectivity index (χ2v) is 6.12. The van der Waals surface area contributed by atoms with Crippen LogP contribution in [-0.2, 0) is 0 Å². The van der Waals surface area contributed by atoms with Gasteiger partial charge >= 0.3 is 0 Å². The Labute approximate surface area is 146 Å². The molecule has 2 heterocycles. The number of nitrogens with zero attached hydrogens (tertiary/aromatic N) is 5. The first-order valence-electron chi connectivity index (χ1n) is 7.22. The average Bonchev–Trinajstić information content (AvgIpc) is 2.54. The predicted molar refractivity (Wildman–Crippen MR) is 95.9 cm³/mol. The number of nitrogens with two attached hydrogens (primary N) is 1. The van der Waals surface area contributed by atoms with E-state index in [1.54, 1.807) is 6.08 Å². The van der Waals surface area contributed by atoms with Gasteiger partial charge in [-0.25, -0.2) is 0 Å². The van der Waals surface area contributed by atoms with Crippen molar-refractivity contribution in [2.45, 2.75) is 13.8 Å². The van der Waals surface area contributed by atoms with E-state index >= 15 is 0 Å². The van der Waals surface area contributed by atoms with Gasteiger partial charge in [-0.15, -0.1) is 10.2 Å². The first-order valence-corrected chi connectivity index (χ1v) is 7.98. The summed E-state index contributed by atoms with van der Waals surface area (Å²) in [5.74, 6) is 1.57. The van der Waals surface area contributed by atoms with Crippen LogP contribution in [0.5, 0.6) is 0 Å². The molecular weight excluding hydrogens is 335 g/mol. The molecule has 0 amide bonds. The zero-order valence-electron chi connectivity index (χ0n) is 13.3. The van der Waals surface area contributed by atoms with E-state index in [2.05, 4.69) is 31.7 Å². The molecule has 0 aromatic carbocycles. The van der Waals surface area contributed by atoms with Crippen LogP contribution in [0.4, 0.5) is 5.82 Å². The highest BCUT2D eigenvalue weighted by Gasteiger charge is 2.21. The van der Waals surface area contributed by atoms with Crippen LogP contribution in [0.1, 0.15) is 12.5 Å². The highest BCUT2D eigenvalue weighted by Crippen LogP contribution is 2.21. The van der Waals surface area contributed by atoms with Crippen LogP contribution in [-0.4, -0.2) is 48.0 Å². The molecule has 124 valence electrons. The van der Waals surface area contributed by atoms with E-state index in [1.165, 1.54) is 0 Å². The van der Waals surface area contributed by atoms with Crippen LogP contribution in [0.15, 0.2) is 33.7 Å². The van der Waals surface area contributed by atoms with Gasteiger partial charge in [-0.05, 0) is 43.8 Å². The molecular formula is C15H20Cl2N6. The first-order chi connectivity index (χ1) is 10.9. The minimum absolute atomic E-state index is 0.330. The highest BCUT2D eigenvalue weighted by atomic mass is 35.5. The van der Waals surface area contributed by atoms with Crippen molar-refractivity contribution in [3.05, 3.63) is 39.4 Å². The lowest BCUT2D eigenvalue weighted by Gasteiger charge is -2.37. The van der Waals surface area contributed by atoms with E-state index in [1.807, 2.05) is 19.9 Å². The molecule has 6 nitrogen and oxygen atoms in total. The smallest absolute Gasteiger partial charge is 0.154 e. The van der Waals surface area contributed by atoms with Crippen molar-refractivity contribution < 1.29 is 0 Å². The molecule has 1 saturated heterocycles. The summed E-state index contributed by atoms with van der Waals surface area (Å²) in [6.45, 7) is 10.5. The highest BCUT2D eigenvalue weighted by molar-refractivity contribution is 6.29. The zero-order chi connectivity index (χ0) is 17.0. The maximum Gasteiger partial charge on any atom is 0.154 e. The van der Waals surface area contributed by atoms with E-state index in [4.69, 9.17) is 28.9 Å². The maximum absolute atomic E-state index is 6.21. The number of aromatic nitrogens is 2. The Morgan fingerprint density at radius 2 is 2.00 bits per heavy atom. The van der Waals surface area contributed by atoms with Gasteiger partial charge in [0.1, 0.15) is 11.0 Å². The standard InChI is InChI=1S/C15H20Cl2N6/c1-10(8-12(16)19-3)14(18)22-4-6-23(7-5-22)15-11(2)9-13(17)20-21-15/h8-9H,3-7,18H2,1-2H3/b12-8-,14-10+. The molecule has 8 heteroatoms. The molecule has 0 bridgehead atoms. The maximum atomic E-state index is 6.21. The molecule has 23 heavy (non-hydrogen) atoms. The van der Waals surface area contributed by atoms with Gasteiger partial charge in [0.05, 0.1) is 0 Å². The first kappa shape index (κ1) is 17.6. The molecule has 1 aromatic rings. The Balaban J connectivity index is 2.06. The Morgan fingerprint density at radius 3 is 2.57 bits per heavy atom. The van der Waals surface area contributed by atoms with Gasteiger partial charge < -0.3 is 15.5 Å². The van der Waals surface area contributed by atoms with Crippen LogP contribution in [0.25, 0.3) is 0 Å². The lowest BCUT2D eigenvalue weighted by molar-refractivity contribution is 0.314. The number of rotatable bonds is 4. The van der Waals surface area contributed by atoms with Crippen molar-refractivity contribution >= 4 is 35.7 Å². The van der Waals surface area contributed by atoms with Crippen LogP contribution >= 0.6 is 23.2 Å². The van der Waals surface area contributed by atoms with Gasteiger partial charge in [0.2, 0.25) is 0 Å². The molecule has 0 spiro atoms. The molecule has 1 aromatic heterocycles. The molecule has 0 saturated carbocycles. The summed E-state index contributed by atoms with van der Waals surface area (Å²) in [4.78, 5) is 7.96. The summed E-state index contributed by atoms with van der Waals surface area (Å²) in [5, 5.41) is 8.86. The van der Waals surface area contributed by atoms with Crippen LogP contribution < -0.4 is 10.6 Å². The van der Waals surface area contributed by atoms with E-state index in [0.717, 1.165) is 43.1 Å². The van der Waals surface area contributed by atoms with Crippen molar-refractivity contribution in [3.8, 4) is 0 Å². The van der Waals surface area contributed by atoms with E-state index < -0.39 is 0 Å². The lowest BCUT2D eigenvalue weighted by Crippen LogP contribution is -2.48. The van der Waals surface area contributed by atoms with Crippen molar-refractivity contribution in [2.75, 3.05) is 31.1 Å². The van der Waals surface area contributed by atoms with Crippen LogP contribution in [0, 0.1) is 6.92 Å². The van der Waals surface area contributed by atoms with Crippen molar-refractivity contribution in [1.82, 2.24) is 15.1 Å². The lowest BCUT2D eigenvalue weighted by atomic mass is 10.2. The second-order valence-electron chi connectivity index (χ2n) is 5.34. The van der Waals surface area contributed by atoms with Crippen molar-refractivity contribution in [3.63, 3.8) is 0 Å². The van der Waals surface area contributed by atoms with Crippen molar-refractivity contribution in [1.29, 1.82) is 0 Å². The Kier molecular flexibility index (Phi) is 5.85.